The van der Waals surface area contributed by atoms with Gasteiger partial charge in [-0.15, -0.1) is 0 Å². The zero-order chi connectivity index (χ0) is 17.9. The van der Waals surface area contributed by atoms with E-state index in [1.54, 1.807) is 6.07 Å². The van der Waals surface area contributed by atoms with E-state index in [1.807, 2.05) is 31.2 Å². The fraction of sp³-hybridized carbons (Fsp3) is 0.500. The average molecular weight is 342 g/mol. The number of nitrogens with one attached hydrogen (secondary N) is 2. The van der Waals surface area contributed by atoms with E-state index < -0.39 is 5.54 Å². The molecule has 5 heteroatoms. The lowest BCUT2D eigenvalue weighted by atomic mass is 9.76. The molecule has 1 fully saturated rings. The molecule has 5 nitrogen and oxygen atoms in total. The number of hydrogen-bond donors (Lipinski definition) is 3. The molecule has 0 saturated heterocycles. The molecule has 3 N–H and O–H groups in total. The standard InChI is InChI=1S/C20H26N2O3/c1-20(13-23,16-8-3-2-4-9-16)22-18(24)12-15-11-14-7-5-6-10-17(14)21-19(15)25/h5-7,10-11,16,23H,2-4,8-9,12-13H2,1H3,(H,21,25)(H,22,24). The van der Waals surface area contributed by atoms with E-state index in [1.165, 1.54) is 6.42 Å². The van der Waals surface area contributed by atoms with Crippen molar-refractivity contribution >= 4 is 16.8 Å². The molecule has 1 aromatic heterocycles. The van der Waals surface area contributed by atoms with E-state index in [0.29, 0.717) is 5.56 Å². The molecule has 0 radical (unpaired) electrons. The third kappa shape index (κ3) is 3.93. The highest BCUT2D eigenvalue weighted by Gasteiger charge is 2.35. The number of aromatic amines is 1. The van der Waals surface area contributed by atoms with Crippen LogP contribution in [0.3, 0.4) is 0 Å². The molecule has 0 bridgehead atoms. The van der Waals surface area contributed by atoms with Crippen LogP contribution in [0.15, 0.2) is 35.1 Å². The zero-order valence-corrected chi connectivity index (χ0v) is 14.7. The number of rotatable bonds is 5. The van der Waals surface area contributed by atoms with Crippen LogP contribution >= 0.6 is 0 Å². The Morgan fingerprint density at radius 3 is 2.72 bits per heavy atom. The van der Waals surface area contributed by atoms with Crippen LogP contribution in [0.1, 0.15) is 44.6 Å². The van der Waals surface area contributed by atoms with Gasteiger partial charge in [0, 0.05) is 11.1 Å². The Balaban J connectivity index is 1.75. The Kier molecular flexibility index (Phi) is 5.23. The predicted octanol–water partition coefficient (Wildman–Crippen LogP) is 2.52. The van der Waals surface area contributed by atoms with Crippen LogP contribution in [0.25, 0.3) is 10.9 Å². The number of aromatic nitrogens is 1. The minimum atomic E-state index is -0.624. The van der Waals surface area contributed by atoms with Gasteiger partial charge in [-0.2, -0.15) is 0 Å². The van der Waals surface area contributed by atoms with E-state index in [2.05, 4.69) is 10.3 Å². The van der Waals surface area contributed by atoms with Gasteiger partial charge >= 0.3 is 0 Å². The van der Waals surface area contributed by atoms with Crippen LogP contribution in [-0.2, 0) is 11.2 Å². The number of benzene rings is 1. The van der Waals surface area contributed by atoms with Crippen molar-refractivity contribution in [3.05, 3.63) is 46.2 Å². The topological polar surface area (TPSA) is 82.2 Å². The lowest BCUT2D eigenvalue weighted by Gasteiger charge is -2.39. The Hall–Kier alpha value is -2.14. The first kappa shape index (κ1) is 17.7. The second-order valence-electron chi connectivity index (χ2n) is 7.35. The van der Waals surface area contributed by atoms with E-state index in [9.17, 15) is 14.7 Å². The van der Waals surface area contributed by atoms with Crippen molar-refractivity contribution in [2.75, 3.05) is 6.61 Å². The van der Waals surface area contributed by atoms with Crippen molar-refractivity contribution in [1.82, 2.24) is 10.3 Å². The Bertz CT molecular complexity index is 808. The van der Waals surface area contributed by atoms with Crippen molar-refractivity contribution < 1.29 is 9.90 Å². The molecule has 1 amide bonds. The minimum Gasteiger partial charge on any atom is -0.394 e. The Labute approximate surface area is 147 Å². The van der Waals surface area contributed by atoms with Crippen LogP contribution in [0.2, 0.25) is 0 Å². The SMILES string of the molecule is CC(CO)(NC(=O)Cc1cc2ccccc2[nH]c1=O)C1CCCCC1. The fourth-order valence-corrected chi connectivity index (χ4v) is 3.87. The summed E-state index contributed by atoms with van der Waals surface area (Å²) in [4.78, 5) is 27.6. The summed E-state index contributed by atoms with van der Waals surface area (Å²) >= 11 is 0. The number of carbonyl (C=O) groups is 1. The van der Waals surface area contributed by atoms with Gasteiger partial charge < -0.3 is 15.4 Å². The second-order valence-corrected chi connectivity index (χ2v) is 7.35. The van der Waals surface area contributed by atoms with Crippen molar-refractivity contribution in [2.45, 2.75) is 51.0 Å². The molecule has 3 rings (SSSR count). The van der Waals surface area contributed by atoms with Gasteiger partial charge in [0.15, 0.2) is 0 Å². The number of hydrogen-bond acceptors (Lipinski definition) is 3. The molecule has 0 aliphatic heterocycles. The van der Waals surface area contributed by atoms with Gasteiger partial charge in [-0.1, -0.05) is 37.5 Å². The van der Waals surface area contributed by atoms with Crippen LogP contribution in [0.5, 0.6) is 0 Å². The first-order chi connectivity index (χ1) is 12.0. The summed E-state index contributed by atoms with van der Waals surface area (Å²) in [7, 11) is 0. The van der Waals surface area contributed by atoms with E-state index >= 15 is 0 Å². The highest BCUT2D eigenvalue weighted by atomic mass is 16.3. The van der Waals surface area contributed by atoms with Crippen LogP contribution in [0.4, 0.5) is 0 Å². The monoisotopic (exact) mass is 342 g/mol. The highest BCUT2D eigenvalue weighted by Crippen LogP contribution is 2.32. The van der Waals surface area contributed by atoms with Gasteiger partial charge in [0.2, 0.25) is 5.91 Å². The number of H-pyrrole nitrogens is 1. The molecular formula is C20H26N2O3. The number of pyridine rings is 1. The number of carbonyl (C=O) groups excluding carboxylic acids is 1. The summed E-state index contributed by atoms with van der Waals surface area (Å²) in [6.45, 7) is 1.82. The summed E-state index contributed by atoms with van der Waals surface area (Å²) in [5, 5.41) is 13.8. The molecule has 1 atom stereocenters. The molecule has 1 aliphatic rings. The molecule has 1 heterocycles. The highest BCUT2D eigenvalue weighted by molar-refractivity contribution is 5.83. The molecule has 1 saturated carbocycles. The smallest absolute Gasteiger partial charge is 0.252 e. The molecule has 1 aliphatic carbocycles. The zero-order valence-electron chi connectivity index (χ0n) is 14.7. The lowest BCUT2D eigenvalue weighted by Crippen LogP contribution is -2.55. The molecule has 1 aromatic carbocycles. The lowest BCUT2D eigenvalue weighted by molar-refractivity contribution is -0.123. The Morgan fingerprint density at radius 2 is 2.00 bits per heavy atom. The normalized spacial score (nSPS) is 18.0. The van der Waals surface area contributed by atoms with Crippen molar-refractivity contribution in [2.24, 2.45) is 5.92 Å². The third-order valence-corrected chi connectivity index (χ3v) is 5.44. The first-order valence-corrected chi connectivity index (χ1v) is 9.05. The van der Waals surface area contributed by atoms with Gasteiger partial charge in [0.1, 0.15) is 0 Å². The van der Waals surface area contributed by atoms with Crippen molar-refractivity contribution in [3.63, 3.8) is 0 Å². The van der Waals surface area contributed by atoms with Gasteiger partial charge in [-0.05, 0) is 43.2 Å². The van der Waals surface area contributed by atoms with Crippen LogP contribution in [0, 0.1) is 5.92 Å². The third-order valence-electron chi connectivity index (χ3n) is 5.44. The maximum Gasteiger partial charge on any atom is 0.252 e. The largest absolute Gasteiger partial charge is 0.394 e. The van der Waals surface area contributed by atoms with E-state index in [-0.39, 0.29) is 30.4 Å². The number of para-hydroxylation sites is 1. The Morgan fingerprint density at radius 1 is 1.28 bits per heavy atom. The summed E-state index contributed by atoms with van der Waals surface area (Å²) in [5.74, 6) is 0.0630. The van der Waals surface area contributed by atoms with E-state index in [4.69, 9.17) is 0 Å². The van der Waals surface area contributed by atoms with Gasteiger partial charge in [0.05, 0.1) is 18.6 Å². The van der Waals surface area contributed by atoms with Crippen molar-refractivity contribution in [3.8, 4) is 0 Å². The molecule has 25 heavy (non-hydrogen) atoms. The number of aliphatic hydroxyl groups is 1. The molecule has 1 unspecified atom stereocenters. The summed E-state index contributed by atoms with van der Waals surface area (Å²) < 4.78 is 0. The van der Waals surface area contributed by atoms with Crippen LogP contribution < -0.4 is 10.9 Å². The summed E-state index contributed by atoms with van der Waals surface area (Å²) in [6.07, 6.45) is 5.56. The van der Waals surface area contributed by atoms with Crippen LogP contribution in [-0.4, -0.2) is 28.1 Å². The molecule has 0 spiro atoms. The minimum absolute atomic E-state index is 0.0163. The fourth-order valence-electron chi connectivity index (χ4n) is 3.87. The predicted molar refractivity (Wildman–Crippen MR) is 98.5 cm³/mol. The van der Waals surface area contributed by atoms with Crippen molar-refractivity contribution in [1.29, 1.82) is 0 Å². The first-order valence-electron chi connectivity index (χ1n) is 9.05. The number of aliphatic hydroxyl groups excluding tert-OH is 1. The number of amides is 1. The summed E-state index contributed by atoms with van der Waals surface area (Å²) in [6, 6.07) is 9.28. The molecular weight excluding hydrogens is 316 g/mol. The number of fused-ring (bicyclic) bond motifs is 1. The van der Waals surface area contributed by atoms with Gasteiger partial charge in [-0.3, -0.25) is 9.59 Å². The van der Waals surface area contributed by atoms with Gasteiger partial charge in [0.25, 0.3) is 5.56 Å². The van der Waals surface area contributed by atoms with E-state index in [0.717, 1.165) is 36.6 Å². The summed E-state index contributed by atoms with van der Waals surface area (Å²) in [5.41, 5.74) is 0.345. The maximum atomic E-state index is 12.5. The quantitative estimate of drug-likeness (QED) is 0.781. The van der Waals surface area contributed by atoms with Gasteiger partial charge in [-0.25, -0.2) is 0 Å². The average Bonchev–Trinajstić information content (AvgIpc) is 2.63. The second kappa shape index (κ2) is 7.40. The molecule has 2 aromatic rings. The molecule has 134 valence electrons. The maximum absolute atomic E-state index is 12.5.